The van der Waals surface area contributed by atoms with Crippen LogP contribution < -0.4 is 10.9 Å². The summed E-state index contributed by atoms with van der Waals surface area (Å²) in [5, 5.41) is 0. The molecule has 0 radical (unpaired) electrons. The number of hydrazine groups is 1. The van der Waals surface area contributed by atoms with E-state index in [9.17, 15) is 9.59 Å². The van der Waals surface area contributed by atoms with E-state index in [1.54, 1.807) is 27.7 Å². The molecule has 1 amide bonds. The maximum absolute atomic E-state index is 11.1. The van der Waals surface area contributed by atoms with Crippen LogP contribution in [0, 0.1) is 0 Å². The lowest BCUT2D eigenvalue weighted by Gasteiger charge is -2.19. The van der Waals surface area contributed by atoms with E-state index in [1.807, 2.05) is 0 Å². The van der Waals surface area contributed by atoms with Crippen LogP contribution in [0.5, 0.6) is 0 Å². The second kappa shape index (κ2) is 6.23. The Hall–Kier alpha value is -1.30. The van der Waals surface area contributed by atoms with Gasteiger partial charge in [-0.3, -0.25) is 10.2 Å². The molecule has 0 aliphatic rings. The van der Waals surface area contributed by atoms with Gasteiger partial charge in [-0.25, -0.2) is 10.2 Å². The number of carbonyl (C=O) groups is 2. The molecule has 0 rings (SSSR count). The molecule has 88 valence electrons. The highest BCUT2D eigenvalue weighted by atomic mass is 16.6. The number of amides is 1. The van der Waals surface area contributed by atoms with Gasteiger partial charge < -0.3 is 9.47 Å². The highest BCUT2D eigenvalue weighted by Crippen LogP contribution is 2.05. The molecule has 6 nitrogen and oxygen atoms in total. The third-order valence-corrected chi connectivity index (χ3v) is 1.13. The van der Waals surface area contributed by atoms with Gasteiger partial charge in [-0.05, 0) is 27.7 Å². The van der Waals surface area contributed by atoms with Crippen LogP contribution in [-0.4, -0.2) is 30.8 Å². The number of carbonyl (C=O) groups excluding carboxylic acids is 2. The Kier molecular flexibility index (Phi) is 5.69. The molecule has 15 heavy (non-hydrogen) atoms. The Morgan fingerprint density at radius 1 is 1.27 bits per heavy atom. The molecule has 0 saturated heterocycles. The Labute approximate surface area is 89.3 Å². The van der Waals surface area contributed by atoms with Crippen molar-refractivity contribution >= 4 is 12.1 Å². The van der Waals surface area contributed by atoms with Gasteiger partial charge in [0.05, 0.1) is 6.61 Å². The first-order valence-corrected chi connectivity index (χ1v) is 4.72. The van der Waals surface area contributed by atoms with Crippen LogP contribution in [0.3, 0.4) is 0 Å². The lowest BCUT2D eigenvalue weighted by Crippen LogP contribution is -2.43. The van der Waals surface area contributed by atoms with Gasteiger partial charge in [0.25, 0.3) is 0 Å². The number of hydrogen-bond donors (Lipinski definition) is 2. The smallest absolute Gasteiger partial charge is 0.422 e. The number of ether oxygens (including phenoxy) is 2. The van der Waals surface area contributed by atoms with E-state index in [-0.39, 0.29) is 6.54 Å². The summed E-state index contributed by atoms with van der Waals surface area (Å²) in [7, 11) is 0. The molecule has 0 aliphatic carbocycles. The van der Waals surface area contributed by atoms with Crippen LogP contribution in [-0.2, 0) is 14.3 Å². The average molecular weight is 218 g/mol. The van der Waals surface area contributed by atoms with E-state index in [0.29, 0.717) is 6.61 Å². The summed E-state index contributed by atoms with van der Waals surface area (Å²) >= 11 is 0. The quantitative estimate of drug-likeness (QED) is 0.533. The lowest BCUT2D eigenvalue weighted by molar-refractivity contribution is -0.142. The number of rotatable bonds is 4. The normalized spacial score (nSPS) is 10.7. The first-order chi connectivity index (χ1) is 6.85. The third-order valence-electron chi connectivity index (χ3n) is 1.13. The topological polar surface area (TPSA) is 76.7 Å². The van der Waals surface area contributed by atoms with Crippen molar-refractivity contribution in [1.29, 1.82) is 0 Å². The molecule has 0 aromatic rings. The summed E-state index contributed by atoms with van der Waals surface area (Å²) in [6.45, 7) is 7.17. The van der Waals surface area contributed by atoms with Gasteiger partial charge in [0.2, 0.25) is 0 Å². The van der Waals surface area contributed by atoms with Crippen LogP contribution in [0.2, 0.25) is 0 Å². The van der Waals surface area contributed by atoms with Crippen LogP contribution >= 0.6 is 0 Å². The molecule has 0 aromatic heterocycles. The molecule has 0 saturated carbocycles. The molecule has 0 fully saturated rings. The van der Waals surface area contributed by atoms with E-state index >= 15 is 0 Å². The zero-order valence-corrected chi connectivity index (χ0v) is 9.55. The predicted molar refractivity (Wildman–Crippen MR) is 54.0 cm³/mol. The molecule has 0 spiro atoms. The second-order valence-electron chi connectivity index (χ2n) is 3.79. The van der Waals surface area contributed by atoms with Crippen molar-refractivity contribution in [3.63, 3.8) is 0 Å². The van der Waals surface area contributed by atoms with Gasteiger partial charge in [0, 0.05) is 0 Å². The monoisotopic (exact) mass is 218 g/mol. The van der Waals surface area contributed by atoms with Crippen LogP contribution in [0.1, 0.15) is 27.7 Å². The molecule has 2 N–H and O–H groups in total. The zero-order valence-electron chi connectivity index (χ0n) is 9.55. The Balaban J connectivity index is 3.60. The van der Waals surface area contributed by atoms with E-state index < -0.39 is 17.7 Å². The first kappa shape index (κ1) is 13.7. The van der Waals surface area contributed by atoms with Crippen molar-refractivity contribution in [2.24, 2.45) is 0 Å². The Bertz CT molecular complexity index is 223. The Morgan fingerprint density at radius 2 is 1.87 bits per heavy atom. The molecule has 0 atom stereocenters. The minimum absolute atomic E-state index is 0.0902. The largest absolute Gasteiger partial charge is 0.465 e. The maximum atomic E-state index is 11.1. The van der Waals surface area contributed by atoms with Gasteiger partial charge in [0.15, 0.2) is 0 Å². The fourth-order valence-electron chi connectivity index (χ4n) is 0.704. The molecular weight excluding hydrogens is 200 g/mol. The molecule has 0 aromatic carbocycles. The minimum Gasteiger partial charge on any atom is -0.465 e. The summed E-state index contributed by atoms with van der Waals surface area (Å²) in [5.41, 5.74) is 4.05. The van der Waals surface area contributed by atoms with Crippen molar-refractivity contribution in [3.05, 3.63) is 0 Å². The standard InChI is InChI=1S/C9H18N2O4/c1-5-14-7(12)6-10-11-8(13)15-9(2,3)4/h10H,5-6H2,1-4H3,(H,11,13). The third kappa shape index (κ3) is 9.01. The van der Waals surface area contributed by atoms with Crippen molar-refractivity contribution in [2.75, 3.05) is 13.2 Å². The Morgan fingerprint density at radius 3 is 2.33 bits per heavy atom. The minimum atomic E-state index is -0.633. The van der Waals surface area contributed by atoms with Gasteiger partial charge >= 0.3 is 12.1 Å². The second-order valence-corrected chi connectivity index (χ2v) is 3.79. The summed E-state index contributed by atoms with van der Waals surface area (Å²) < 4.78 is 9.55. The van der Waals surface area contributed by atoms with Gasteiger partial charge in [-0.1, -0.05) is 0 Å². The summed E-state index contributed by atoms with van der Waals surface area (Å²) in [6, 6.07) is 0. The fourth-order valence-corrected chi connectivity index (χ4v) is 0.704. The average Bonchev–Trinajstić information content (AvgIpc) is 2.00. The molecular formula is C9H18N2O4. The van der Waals surface area contributed by atoms with Gasteiger partial charge in [0.1, 0.15) is 12.1 Å². The zero-order chi connectivity index (χ0) is 11.9. The SMILES string of the molecule is CCOC(=O)CNNC(=O)OC(C)(C)C. The summed E-state index contributed by atoms with van der Waals surface area (Å²) in [5.74, 6) is -0.437. The molecule has 0 bridgehead atoms. The van der Waals surface area contributed by atoms with Crippen molar-refractivity contribution in [3.8, 4) is 0 Å². The van der Waals surface area contributed by atoms with Crippen molar-refractivity contribution < 1.29 is 19.1 Å². The fraction of sp³-hybridized carbons (Fsp3) is 0.778. The number of esters is 1. The predicted octanol–water partition coefficient (Wildman–Crippen LogP) is 0.579. The molecule has 0 heterocycles. The number of hydrogen-bond acceptors (Lipinski definition) is 5. The highest BCUT2D eigenvalue weighted by Gasteiger charge is 2.15. The van der Waals surface area contributed by atoms with E-state index in [1.165, 1.54) is 0 Å². The van der Waals surface area contributed by atoms with Crippen molar-refractivity contribution in [1.82, 2.24) is 10.9 Å². The lowest BCUT2D eigenvalue weighted by atomic mass is 10.2. The van der Waals surface area contributed by atoms with E-state index in [0.717, 1.165) is 0 Å². The first-order valence-electron chi connectivity index (χ1n) is 4.72. The maximum Gasteiger partial charge on any atom is 0.422 e. The van der Waals surface area contributed by atoms with Crippen molar-refractivity contribution in [2.45, 2.75) is 33.3 Å². The van der Waals surface area contributed by atoms with Crippen LogP contribution in [0.15, 0.2) is 0 Å². The molecule has 0 aliphatic heterocycles. The highest BCUT2D eigenvalue weighted by molar-refractivity contribution is 5.72. The number of nitrogens with one attached hydrogen (secondary N) is 2. The summed E-state index contributed by atoms with van der Waals surface area (Å²) in [4.78, 5) is 21.9. The van der Waals surface area contributed by atoms with Crippen LogP contribution in [0.4, 0.5) is 4.79 Å². The molecule has 6 heteroatoms. The van der Waals surface area contributed by atoms with Gasteiger partial charge in [-0.15, -0.1) is 0 Å². The van der Waals surface area contributed by atoms with Gasteiger partial charge in [-0.2, -0.15) is 0 Å². The van der Waals surface area contributed by atoms with E-state index in [4.69, 9.17) is 4.74 Å². The van der Waals surface area contributed by atoms with Crippen LogP contribution in [0.25, 0.3) is 0 Å². The van der Waals surface area contributed by atoms with E-state index in [2.05, 4.69) is 15.6 Å². The molecule has 0 unspecified atom stereocenters. The summed E-state index contributed by atoms with van der Waals surface area (Å²) in [6.07, 6.45) is -0.633.